The topological polar surface area (TPSA) is 167 Å². The van der Waals surface area contributed by atoms with Crippen LogP contribution in [0.4, 0.5) is 4.39 Å². The van der Waals surface area contributed by atoms with E-state index < -0.39 is 79.7 Å². The molecule has 0 spiro atoms. The highest BCUT2D eigenvalue weighted by atomic mass is 32.2. The summed E-state index contributed by atoms with van der Waals surface area (Å²) in [5, 5.41) is 0.337. The Morgan fingerprint density at radius 1 is 1.11 bits per heavy atom. The van der Waals surface area contributed by atoms with Crippen molar-refractivity contribution in [2.45, 2.75) is 108 Å². The second-order valence-electron chi connectivity index (χ2n) is 17.1. The van der Waals surface area contributed by atoms with E-state index in [0.717, 1.165) is 6.42 Å². The van der Waals surface area contributed by atoms with Crippen LogP contribution in [0.2, 0.25) is 0 Å². The monoisotopic (exact) mass is 799 g/mol. The number of Topliss-reactive ketones (excluding diaryl/α,β-unsaturated/α-hetero) is 1. The van der Waals surface area contributed by atoms with Gasteiger partial charge in [0, 0.05) is 38.1 Å². The maximum absolute atomic E-state index is 15.0. The predicted molar refractivity (Wildman–Crippen MR) is 205 cm³/mol. The number of pyridine rings is 1. The molecule has 0 bridgehead atoms. The average molecular weight is 800 g/mol. The van der Waals surface area contributed by atoms with Gasteiger partial charge in [-0.3, -0.25) is 23.9 Å². The van der Waals surface area contributed by atoms with E-state index in [4.69, 9.17) is 18.9 Å². The van der Waals surface area contributed by atoms with Gasteiger partial charge in [-0.05, 0) is 101 Å². The molecule has 2 aliphatic carbocycles. The van der Waals surface area contributed by atoms with Gasteiger partial charge in [-0.2, -0.15) is 0 Å². The second kappa shape index (κ2) is 16.4. The first-order chi connectivity index (χ1) is 26.4. The van der Waals surface area contributed by atoms with Crippen LogP contribution in [0, 0.1) is 34.9 Å². The smallest absolute Gasteiger partial charge is 0.307 e. The van der Waals surface area contributed by atoms with Crippen LogP contribution in [0.15, 0.2) is 36.5 Å². The lowest BCUT2D eigenvalue weighted by molar-refractivity contribution is -0.160. The molecule has 2 aliphatic heterocycles. The number of sulfonamides is 1. The molecule has 1 aromatic heterocycles. The minimum Gasteiger partial charge on any atom is -0.494 e. The van der Waals surface area contributed by atoms with Gasteiger partial charge in [-0.15, -0.1) is 0 Å². The van der Waals surface area contributed by atoms with Crippen molar-refractivity contribution in [3.8, 4) is 11.6 Å². The van der Waals surface area contributed by atoms with Crippen LogP contribution >= 0.6 is 0 Å². The summed E-state index contributed by atoms with van der Waals surface area (Å²) in [6.07, 6.45) is 7.26. The molecule has 1 saturated heterocycles. The number of hydrogen-bond donors (Lipinski definition) is 1. The van der Waals surface area contributed by atoms with Gasteiger partial charge >= 0.3 is 5.97 Å². The summed E-state index contributed by atoms with van der Waals surface area (Å²) in [7, 11) is -0.987. The van der Waals surface area contributed by atoms with E-state index in [9.17, 15) is 27.2 Å². The van der Waals surface area contributed by atoms with Crippen molar-refractivity contribution in [3.05, 3.63) is 42.4 Å². The molecule has 0 radical (unpaired) electrons. The zero-order valence-corrected chi connectivity index (χ0v) is 33.9. The van der Waals surface area contributed by atoms with Gasteiger partial charge < -0.3 is 23.8 Å². The van der Waals surface area contributed by atoms with Crippen molar-refractivity contribution in [2.75, 3.05) is 27.4 Å². The maximum atomic E-state index is 15.0. The molecule has 3 fully saturated rings. The van der Waals surface area contributed by atoms with Gasteiger partial charge in [0.1, 0.15) is 11.7 Å². The first-order valence-corrected chi connectivity index (χ1v) is 21.0. The Bertz CT molecular complexity index is 1980. The van der Waals surface area contributed by atoms with Crippen LogP contribution in [0.25, 0.3) is 10.8 Å². The molecule has 7 atom stereocenters. The van der Waals surface area contributed by atoms with E-state index in [-0.39, 0.29) is 62.3 Å². The Morgan fingerprint density at radius 3 is 2.54 bits per heavy atom. The Balaban J connectivity index is 1.38. The number of rotatable bonds is 10. The summed E-state index contributed by atoms with van der Waals surface area (Å²) in [4.78, 5) is 62.8. The largest absolute Gasteiger partial charge is 0.494 e. The molecule has 1 N–H and O–H groups in total. The Morgan fingerprint density at radius 2 is 1.86 bits per heavy atom. The predicted octanol–water partition coefficient (Wildman–Crippen LogP) is 5.29. The lowest BCUT2D eigenvalue weighted by atomic mass is 9.81. The molecule has 56 heavy (non-hydrogen) atoms. The van der Waals surface area contributed by atoms with Crippen molar-refractivity contribution in [1.29, 1.82) is 0 Å². The highest BCUT2D eigenvalue weighted by Crippen LogP contribution is 2.57. The molecular weight excluding hydrogens is 746 g/mol. The van der Waals surface area contributed by atoms with Gasteiger partial charge in [-0.25, -0.2) is 17.8 Å². The van der Waals surface area contributed by atoms with Gasteiger partial charge in [0.2, 0.25) is 27.7 Å². The summed E-state index contributed by atoms with van der Waals surface area (Å²) in [6.45, 7) is 7.44. The number of esters is 1. The molecule has 1 aromatic carbocycles. The molecule has 4 aliphatic rings. The minimum atomic E-state index is -3.89. The number of allylic oxidation sites excluding steroid dienone is 2. The summed E-state index contributed by atoms with van der Waals surface area (Å²) in [6, 6.07) is 3.38. The lowest BCUT2D eigenvalue weighted by Crippen LogP contribution is -2.48. The quantitative estimate of drug-likeness (QED) is 0.245. The maximum Gasteiger partial charge on any atom is 0.307 e. The number of hydrogen-bond acceptors (Lipinski definition) is 11. The number of nitrogens with zero attached hydrogens (tertiary/aromatic N) is 2. The number of carbonyl (C=O) groups excluding carboxylic acids is 4. The summed E-state index contributed by atoms with van der Waals surface area (Å²) >= 11 is 0. The number of fused-ring (bicyclic) bond motifs is 3. The van der Waals surface area contributed by atoms with Crippen LogP contribution in [-0.2, 0) is 38.7 Å². The van der Waals surface area contributed by atoms with Crippen molar-refractivity contribution in [1.82, 2.24) is 14.6 Å². The first-order valence-electron chi connectivity index (χ1n) is 19.5. The zero-order valence-electron chi connectivity index (χ0n) is 33.0. The molecule has 2 aromatic rings. The van der Waals surface area contributed by atoms with Crippen LogP contribution < -0.4 is 14.2 Å². The van der Waals surface area contributed by atoms with Crippen molar-refractivity contribution in [2.24, 2.45) is 29.1 Å². The van der Waals surface area contributed by atoms with Gasteiger partial charge in [-0.1, -0.05) is 19.1 Å². The molecule has 2 amide bonds. The van der Waals surface area contributed by atoms with Crippen LogP contribution in [0.5, 0.6) is 11.6 Å². The van der Waals surface area contributed by atoms with Crippen molar-refractivity contribution >= 4 is 44.4 Å². The number of ether oxygens (including phenoxy) is 4. The Kier molecular flexibility index (Phi) is 12.2. The lowest BCUT2D eigenvalue weighted by Gasteiger charge is -2.33. The Hall–Kier alpha value is -4.11. The van der Waals surface area contributed by atoms with Crippen molar-refractivity contribution in [3.63, 3.8) is 0 Å². The third kappa shape index (κ3) is 9.36. The third-order valence-electron chi connectivity index (χ3n) is 11.4. The van der Waals surface area contributed by atoms with E-state index in [0.29, 0.717) is 36.5 Å². The fourth-order valence-corrected chi connectivity index (χ4v) is 9.69. The highest BCUT2D eigenvalue weighted by Gasteiger charge is 2.61. The third-order valence-corrected chi connectivity index (χ3v) is 13.3. The molecular formula is C41H54FN3O10S. The fourth-order valence-electron chi connectivity index (χ4n) is 8.31. The number of nitrogens with one attached hydrogen (secondary N) is 1. The van der Waals surface area contributed by atoms with E-state index >= 15 is 4.79 Å². The van der Waals surface area contributed by atoms with Gasteiger partial charge in [0.25, 0.3) is 0 Å². The van der Waals surface area contributed by atoms with Crippen molar-refractivity contribution < 1.29 is 50.9 Å². The van der Waals surface area contributed by atoms with E-state index in [1.807, 2.05) is 12.2 Å². The number of halogens is 1. The number of aromatic nitrogens is 1. The molecule has 15 heteroatoms. The van der Waals surface area contributed by atoms with Crippen LogP contribution in [0.1, 0.15) is 85.5 Å². The minimum absolute atomic E-state index is 0.0182. The molecule has 0 unspecified atom stereocenters. The molecule has 306 valence electrons. The number of amides is 2. The second-order valence-corrected chi connectivity index (χ2v) is 19.0. The van der Waals surface area contributed by atoms with E-state index in [2.05, 4.69) is 16.6 Å². The number of methoxy groups -OCH3 is 2. The summed E-state index contributed by atoms with van der Waals surface area (Å²) < 4.78 is 65.9. The Labute approximate surface area is 328 Å². The highest BCUT2D eigenvalue weighted by molar-refractivity contribution is 7.90. The van der Waals surface area contributed by atoms with E-state index in [1.54, 1.807) is 33.9 Å². The average Bonchev–Trinajstić information content (AvgIpc) is 4.04. The van der Waals surface area contributed by atoms with Gasteiger partial charge in [0.15, 0.2) is 17.3 Å². The number of carbonyl (C=O) groups is 4. The zero-order chi connectivity index (χ0) is 40.6. The van der Waals surface area contributed by atoms with Crippen LogP contribution in [0.3, 0.4) is 0 Å². The molecule has 6 rings (SSSR count). The van der Waals surface area contributed by atoms with Crippen LogP contribution in [-0.4, -0.2) is 92.2 Å². The fraction of sp³-hybridized carbons (Fsp3) is 0.634. The summed E-state index contributed by atoms with van der Waals surface area (Å²) in [5.74, 6) is -4.22. The number of ketones is 1. The first kappa shape index (κ1) is 41.5. The molecule has 3 heterocycles. The SMILES string of the molecule is COC[C@@H]1C[C@H](C)CC/C=C\[C@@H]2C[C@@]2(C(=O)NS(=O)(=O)C2CC2)CC(=O)[C@@H]2C[C@@H](Oc3nccc4cc(OC)c(F)cc34)CN2C(=O)[C@H]1CC(=O)OC(C)(C)C. The summed E-state index contributed by atoms with van der Waals surface area (Å²) in [5.41, 5.74) is -2.11. The molecule has 2 saturated carbocycles. The molecule has 13 nitrogen and oxygen atoms in total. The van der Waals surface area contributed by atoms with E-state index in [1.165, 1.54) is 30.3 Å². The number of benzene rings is 1. The van der Waals surface area contributed by atoms with Gasteiger partial charge in [0.05, 0.1) is 42.7 Å². The normalized spacial score (nSPS) is 29.4. The standard InChI is InChI=1S/C41H54FN3O10S/c1-24-9-7-8-10-27-20-41(27,39(49)44-56(50,51)29-11-12-29)21-34(46)33-17-28(54-37-30-18-32(42)35(53-6)16-25(30)13-14-43-37)22-45(33)38(48)31(26(15-24)23-52-5)19-36(47)55-40(2,3)4/h8,10,13-14,16,18,24,26-29,31,33H,7,9,11-12,15,17,19-23H2,1-6H3,(H,44,49)/b10-8-/t24-,26+,27-,28-,31+,33+,41-/m1/s1.